The van der Waals surface area contributed by atoms with Crippen LogP contribution in [0.1, 0.15) is 10.4 Å². The van der Waals surface area contributed by atoms with Crippen LogP contribution in [0.25, 0.3) is 22.3 Å². The Morgan fingerprint density at radius 2 is 1.90 bits per heavy atom. The van der Waals surface area contributed by atoms with Crippen molar-refractivity contribution in [1.29, 1.82) is 0 Å². The highest BCUT2D eigenvalue weighted by Gasteiger charge is 2.17. The lowest BCUT2D eigenvalue weighted by atomic mass is 10.1. The van der Waals surface area contributed by atoms with Crippen LogP contribution in [0.5, 0.6) is 0 Å². The topological polar surface area (TPSA) is 50.4 Å². The summed E-state index contributed by atoms with van der Waals surface area (Å²) in [5, 5.41) is 9.38. The maximum atomic E-state index is 14.1. The fraction of sp³-hybridized carbons (Fsp3) is 0. The summed E-state index contributed by atoms with van der Waals surface area (Å²) in [6.45, 7) is 0. The highest BCUT2D eigenvalue weighted by Crippen LogP contribution is 2.31. The van der Waals surface area contributed by atoms with Crippen LogP contribution in [0.3, 0.4) is 0 Å². The van der Waals surface area contributed by atoms with E-state index >= 15 is 0 Å². The minimum atomic E-state index is -1.36. The average molecular weight is 274 g/mol. The van der Waals surface area contributed by atoms with Crippen molar-refractivity contribution in [3.8, 4) is 11.3 Å². The first-order valence-corrected chi connectivity index (χ1v) is 5.77. The molecule has 1 heterocycles. The zero-order valence-corrected chi connectivity index (χ0v) is 10.1. The molecule has 20 heavy (non-hydrogen) atoms. The second kappa shape index (κ2) is 4.45. The predicted molar refractivity (Wildman–Crippen MR) is 68.5 cm³/mol. The van der Waals surface area contributed by atoms with Gasteiger partial charge in [0.25, 0.3) is 0 Å². The zero-order chi connectivity index (χ0) is 14.3. The molecule has 0 atom stereocenters. The molecule has 3 nitrogen and oxygen atoms in total. The largest absolute Gasteiger partial charge is 0.478 e. The first-order valence-electron chi connectivity index (χ1n) is 5.77. The Hall–Kier alpha value is -2.69. The van der Waals surface area contributed by atoms with Crippen LogP contribution in [0.15, 0.2) is 46.9 Å². The number of hydrogen-bond acceptors (Lipinski definition) is 2. The fourth-order valence-electron chi connectivity index (χ4n) is 2.03. The van der Waals surface area contributed by atoms with Crippen LogP contribution in [0.4, 0.5) is 8.78 Å². The van der Waals surface area contributed by atoms with Crippen molar-refractivity contribution in [1.82, 2.24) is 0 Å². The Balaban J connectivity index is 2.20. The fourth-order valence-corrected chi connectivity index (χ4v) is 2.03. The summed E-state index contributed by atoms with van der Waals surface area (Å²) in [7, 11) is 0. The molecule has 3 aromatic rings. The molecule has 0 saturated heterocycles. The second-order valence-electron chi connectivity index (χ2n) is 4.27. The maximum absolute atomic E-state index is 14.1. The Kier molecular flexibility index (Phi) is 2.75. The minimum Gasteiger partial charge on any atom is -0.478 e. The van der Waals surface area contributed by atoms with Gasteiger partial charge in [0, 0.05) is 5.39 Å². The molecule has 0 aliphatic rings. The van der Waals surface area contributed by atoms with Gasteiger partial charge in [-0.2, -0.15) is 0 Å². The number of carboxylic acids is 1. The first kappa shape index (κ1) is 12.3. The lowest BCUT2D eigenvalue weighted by Gasteiger charge is -2.02. The van der Waals surface area contributed by atoms with Gasteiger partial charge in [0.2, 0.25) is 0 Å². The lowest BCUT2D eigenvalue weighted by Crippen LogP contribution is -2.01. The van der Waals surface area contributed by atoms with Gasteiger partial charge in [-0.15, -0.1) is 0 Å². The first-order chi connectivity index (χ1) is 9.56. The molecule has 0 radical (unpaired) electrons. The van der Waals surface area contributed by atoms with E-state index in [1.54, 1.807) is 0 Å². The van der Waals surface area contributed by atoms with Crippen LogP contribution < -0.4 is 0 Å². The Labute approximate surface area is 112 Å². The van der Waals surface area contributed by atoms with Gasteiger partial charge in [-0.05, 0) is 36.4 Å². The number of halogens is 2. The molecule has 100 valence electrons. The number of aromatic carboxylic acids is 1. The number of carboxylic acid groups (broad SMARTS) is 1. The van der Waals surface area contributed by atoms with Gasteiger partial charge in [0.1, 0.15) is 23.0 Å². The number of rotatable bonds is 2. The number of benzene rings is 2. The molecule has 0 spiro atoms. The molecule has 2 aromatic carbocycles. The van der Waals surface area contributed by atoms with Crippen molar-refractivity contribution in [2.45, 2.75) is 0 Å². The smallest absolute Gasteiger partial charge is 0.338 e. The summed E-state index contributed by atoms with van der Waals surface area (Å²) >= 11 is 0. The van der Waals surface area contributed by atoms with Gasteiger partial charge in [-0.1, -0.05) is 6.07 Å². The summed E-state index contributed by atoms with van der Waals surface area (Å²) in [6, 6.07) is 9.42. The van der Waals surface area contributed by atoms with Crippen LogP contribution in [-0.2, 0) is 0 Å². The third-order valence-corrected chi connectivity index (χ3v) is 2.97. The van der Waals surface area contributed by atoms with Gasteiger partial charge in [0.05, 0.1) is 11.1 Å². The van der Waals surface area contributed by atoms with Crippen LogP contribution in [-0.4, -0.2) is 11.1 Å². The average Bonchev–Trinajstić information content (AvgIpc) is 2.81. The maximum Gasteiger partial charge on any atom is 0.338 e. The van der Waals surface area contributed by atoms with Crippen molar-refractivity contribution >= 4 is 16.9 Å². The minimum absolute atomic E-state index is 0.0292. The molecule has 3 rings (SSSR count). The van der Waals surface area contributed by atoms with Gasteiger partial charge >= 0.3 is 5.97 Å². The highest BCUT2D eigenvalue weighted by atomic mass is 19.1. The van der Waals surface area contributed by atoms with E-state index in [1.165, 1.54) is 42.5 Å². The van der Waals surface area contributed by atoms with E-state index in [0.717, 1.165) is 0 Å². The SMILES string of the molecule is O=C(O)c1cccc(-c2cc3cc(F)ccc3o2)c1F. The van der Waals surface area contributed by atoms with Crippen LogP contribution >= 0.6 is 0 Å². The number of fused-ring (bicyclic) bond motifs is 1. The molecule has 0 amide bonds. The summed E-state index contributed by atoms with van der Waals surface area (Å²) in [6.07, 6.45) is 0. The Morgan fingerprint density at radius 1 is 1.10 bits per heavy atom. The van der Waals surface area contributed by atoms with E-state index in [4.69, 9.17) is 9.52 Å². The van der Waals surface area contributed by atoms with Gasteiger partial charge < -0.3 is 9.52 Å². The summed E-state index contributed by atoms with van der Waals surface area (Å²) < 4.78 is 32.6. The van der Waals surface area contributed by atoms with Crippen LogP contribution in [0, 0.1) is 11.6 Å². The van der Waals surface area contributed by atoms with Gasteiger partial charge in [-0.3, -0.25) is 0 Å². The zero-order valence-electron chi connectivity index (χ0n) is 10.1. The standard InChI is InChI=1S/C15H8F2O3/c16-9-4-5-12-8(6-9)7-13(20-12)10-2-1-3-11(14(10)17)15(18)19/h1-7H,(H,18,19). The monoisotopic (exact) mass is 274 g/mol. The predicted octanol–water partition coefficient (Wildman–Crippen LogP) is 4.08. The molecule has 1 aromatic heterocycles. The Morgan fingerprint density at radius 3 is 2.65 bits per heavy atom. The lowest BCUT2D eigenvalue weighted by molar-refractivity contribution is 0.0692. The van der Waals surface area contributed by atoms with Gasteiger partial charge in [-0.25, -0.2) is 13.6 Å². The molecule has 5 heteroatoms. The number of furan rings is 1. The molecule has 0 saturated carbocycles. The van der Waals surface area contributed by atoms with E-state index < -0.39 is 23.2 Å². The van der Waals surface area contributed by atoms with E-state index in [1.807, 2.05) is 0 Å². The normalized spacial score (nSPS) is 10.9. The molecule has 0 unspecified atom stereocenters. The third kappa shape index (κ3) is 1.93. The van der Waals surface area contributed by atoms with Crippen molar-refractivity contribution < 1.29 is 23.1 Å². The van der Waals surface area contributed by atoms with Crippen molar-refractivity contribution in [2.24, 2.45) is 0 Å². The molecule has 0 fully saturated rings. The number of carbonyl (C=O) groups is 1. The second-order valence-corrected chi connectivity index (χ2v) is 4.27. The van der Waals surface area contributed by atoms with E-state index in [2.05, 4.69) is 0 Å². The van der Waals surface area contributed by atoms with Crippen LogP contribution in [0.2, 0.25) is 0 Å². The van der Waals surface area contributed by atoms with E-state index in [9.17, 15) is 13.6 Å². The summed E-state index contributed by atoms with van der Waals surface area (Å²) in [5.74, 6) is -2.50. The Bertz CT molecular complexity index is 821. The van der Waals surface area contributed by atoms with E-state index in [0.29, 0.717) is 11.0 Å². The summed E-state index contributed by atoms with van der Waals surface area (Å²) in [4.78, 5) is 10.9. The van der Waals surface area contributed by atoms with E-state index in [-0.39, 0.29) is 11.3 Å². The van der Waals surface area contributed by atoms with Crippen molar-refractivity contribution in [3.05, 3.63) is 59.7 Å². The molecular weight excluding hydrogens is 266 g/mol. The van der Waals surface area contributed by atoms with Gasteiger partial charge in [0.15, 0.2) is 0 Å². The highest BCUT2D eigenvalue weighted by molar-refractivity contribution is 5.90. The molecule has 0 bridgehead atoms. The quantitative estimate of drug-likeness (QED) is 0.766. The molecule has 0 aliphatic carbocycles. The molecular formula is C15H8F2O3. The van der Waals surface area contributed by atoms with Crippen molar-refractivity contribution in [2.75, 3.05) is 0 Å². The molecule has 0 aliphatic heterocycles. The third-order valence-electron chi connectivity index (χ3n) is 2.97. The number of hydrogen-bond donors (Lipinski definition) is 1. The summed E-state index contributed by atoms with van der Waals surface area (Å²) in [5.41, 5.74) is -0.00262. The van der Waals surface area contributed by atoms with Crippen molar-refractivity contribution in [3.63, 3.8) is 0 Å². The molecule has 1 N–H and O–H groups in total.